The number of nitrogens with one attached hydrogen (secondary N) is 1. The van der Waals surface area contributed by atoms with Crippen molar-refractivity contribution in [1.82, 2.24) is 20.1 Å². The maximum atomic E-state index is 5.30. The van der Waals surface area contributed by atoms with Crippen LogP contribution in [0.2, 0.25) is 0 Å². The summed E-state index contributed by atoms with van der Waals surface area (Å²) in [6, 6.07) is 0.483. The molecule has 0 aliphatic carbocycles. The molecule has 1 aromatic heterocycles. The Morgan fingerprint density at radius 2 is 2.60 bits per heavy atom. The van der Waals surface area contributed by atoms with Gasteiger partial charge in [0.1, 0.15) is 12.2 Å². The molecule has 0 radical (unpaired) electrons. The topological polar surface area (TPSA) is 52.0 Å². The van der Waals surface area contributed by atoms with Crippen LogP contribution in [0.3, 0.4) is 0 Å². The van der Waals surface area contributed by atoms with Crippen molar-refractivity contribution in [2.75, 3.05) is 13.2 Å². The van der Waals surface area contributed by atoms with E-state index in [9.17, 15) is 0 Å². The number of rotatable bonds is 5. The molecule has 1 fully saturated rings. The van der Waals surface area contributed by atoms with Crippen molar-refractivity contribution < 1.29 is 4.74 Å². The van der Waals surface area contributed by atoms with E-state index in [4.69, 9.17) is 4.74 Å². The highest BCUT2D eigenvalue weighted by molar-refractivity contribution is 4.85. The third kappa shape index (κ3) is 2.76. The lowest BCUT2D eigenvalue weighted by atomic mass is 10.2. The van der Waals surface area contributed by atoms with Gasteiger partial charge in [0.05, 0.1) is 13.2 Å². The Hall–Kier alpha value is -0.940. The van der Waals surface area contributed by atoms with Crippen molar-refractivity contribution in [2.24, 2.45) is 0 Å². The highest BCUT2D eigenvalue weighted by atomic mass is 16.5. The minimum Gasteiger partial charge on any atom is -0.380 e. The number of aromatic nitrogens is 3. The molecule has 1 unspecified atom stereocenters. The normalized spacial score (nSPS) is 21.0. The first kappa shape index (κ1) is 10.6. The van der Waals surface area contributed by atoms with E-state index in [2.05, 4.69) is 22.3 Å². The summed E-state index contributed by atoms with van der Waals surface area (Å²) in [5, 5.41) is 7.62. The second-order valence-corrected chi connectivity index (χ2v) is 3.84. The van der Waals surface area contributed by atoms with Crippen LogP contribution < -0.4 is 5.32 Å². The standard InChI is InChI=1S/C10H18N4O/c1-2-4-14-10(12-8-13-14)6-11-9-3-5-15-7-9/h8-9,11H,2-7H2,1H3. The predicted octanol–water partition coefficient (Wildman–Crippen LogP) is 0.567. The molecule has 0 amide bonds. The van der Waals surface area contributed by atoms with Crippen molar-refractivity contribution >= 4 is 0 Å². The average molecular weight is 210 g/mol. The Bertz CT molecular complexity index is 293. The summed E-state index contributed by atoms with van der Waals surface area (Å²) in [6.07, 6.45) is 3.81. The summed E-state index contributed by atoms with van der Waals surface area (Å²) in [6.45, 7) is 5.57. The average Bonchev–Trinajstić information content (AvgIpc) is 2.85. The summed E-state index contributed by atoms with van der Waals surface area (Å²) in [4.78, 5) is 4.24. The van der Waals surface area contributed by atoms with Gasteiger partial charge in [-0.05, 0) is 12.8 Å². The fourth-order valence-electron chi connectivity index (χ4n) is 1.75. The Labute approximate surface area is 89.8 Å². The molecule has 2 heterocycles. The van der Waals surface area contributed by atoms with Crippen molar-refractivity contribution in [2.45, 2.75) is 38.9 Å². The van der Waals surface area contributed by atoms with E-state index >= 15 is 0 Å². The van der Waals surface area contributed by atoms with Gasteiger partial charge >= 0.3 is 0 Å². The minimum atomic E-state index is 0.483. The number of nitrogens with zero attached hydrogens (tertiary/aromatic N) is 3. The van der Waals surface area contributed by atoms with E-state index in [1.54, 1.807) is 6.33 Å². The van der Waals surface area contributed by atoms with Gasteiger partial charge in [-0.25, -0.2) is 9.67 Å². The summed E-state index contributed by atoms with van der Waals surface area (Å²) >= 11 is 0. The van der Waals surface area contributed by atoms with Gasteiger partial charge in [-0.2, -0.15) is 5.10 Å². The third-order valence-corrected chi connectivity index (χ3v) is 2.61. The molecule has 2 rings (SSSR count). The van der Waals surface area contributed by atoms with Crippen LogP contribution in [-0.2, 0) is 17.8 Å². The van der Waals surface area contributed by atoms with Crippen LogP contribution in [0.4, 0.5) is 0 Å². The van der Waals surface area contributed by atoms with E-state index in [0.717, 1.165) is 45.0 Å². The fraction of sp³-hybridized carbons (Fsp3) is 0.800. The summed E-state index contributed by atoms with van der Waals surface area (Å²) in [7, 11) is 0. The number of ether oxygens (including phenoxy) is 1. The number of hydrogen-bond donors (Lipinski definition) is 1. The van der Waals surface area contributed by atoms with Gasteiger partial charge in [-0.1, -0.05) is 6.92 Å². The molecule has 1 saturated heterocycles. The highest BCUT2D eigenvalue weighted by Crippen LogP contribution is 2.04. The first-order valence-corrected chi connectivity index (χ1v) is 5.58. The highest BCUT2D eigenvalue weighted by Gasteiger charge is 2.15. The lowest BCUT2D eigenvalue weighted by Crippen LogP contribution is -2.30. The largest absolute Gasteiger partial charge is 0.380 e. The monoisotopic (exact) mass is 210 g/mol. The number of hydrogen-bond acceptors (Lipinski definition) is 4. The molecule has 1 atom stereocenters. The third-order valence-electron chi connectivity index (χ3n) is 2.61. The Morgan fingerprint density at radius 3 is 3.33 bits per heavy atom. The molecule has 1 aliphatic heterocycles. The zero-order chi connectivity index (χ0) is 10.5. The van der Waals surface area contributed by atoms with Crippen LogP contribution >= 0.6 is 0 Å². The van der Waals surface area contributed by atoms with Gasteiger partial charge in [0.25, 0.3) is 0 Å². The first-order chi connectivity index (χ1) is 7.40. The van der Waals surface area contributed by atoms with Gasteiger partial charge in [0.15, 0.2) is 0 Å². The molecule has 84 valence electrons. The van der Waals surface area contributed by atoms with Crippen LogP contribution in [0.25, 0.3) is 0 Å². The Kier molecular flexibility index (Phi) is 3.69. The molecular formula is C10H18N4O. The minimum absolute atomic E-state index is 0.483. The molecule has 0 saturated carbocycles. The van der Waals surface area contributed by atoms with E-state index in [1.807, 2.05) is 4.68 Å². The molecule has 0 bridgehead atoms. The molecular weight excluding hydrogens is 192 g/mol. The van der Waals surface area contributed by atoms with Crippen LogP contribution in [0.15, 0.2) is 6.33 Å². The van der Waals surface area contributed by atoms with Gasteiger partial charge in [0, 0.05) is 19.2 Å². The summed E-state index contributed by atoms with van der Waals surface area (Å²) in [5.41, 5.74) is 0. The van der Waals surface area contributed by atoms with E-state index in [1.165, 1.54) is 0 Å². The zero-order valence-electron chi connectivity index (χ0n) is 9.15. The van der Waals surface area contributed by atoms with Crippen LogP contribution in [0.5, 0.6) is 0 Å². The van der Waals surface area contributed by atoms with E-state index < -0.39 is 0 Å². The predicted molar refractivity (Wildman–Crippen MR) is 56.4 cm³/mol. The second kappa shape index (κ2) is 5.23. The molecule has 5 heteroatoms. The SMILES string of the molecule is CCCn1ncnc1CNC1CCOC1. The van der Waals surface area contributed by atoms with Crippen LogP contribution in [0.1, 0.15) is 25.6 Å². The molecule has 0 aromatic carbocycles. The fourth-order valence-corrected chi connectivity index (χ4v) is 1.75. The molecule has 1 aliphatic rings. The molecule has 5 nitrogen and oxygen atoms in total. The van der Waals surface area contributed by atoms with Gasteiger partial charge in [-0.3, -0.25) is 0 Å². The summed E-state index contributed by atoms with van der Waals surface area (Å²) in [5.74, 6) is 1.02. The number of aryl methyl sites for hydroxylation is 1. The van der Waals surface area contributed by atoms with E-state index in [0.29, 0.717) is 6.04 Å². The smallest absolute Gasteiger partial charge is 0.140 e. The Balaban J connectivity index is 1.83. The molecule has 15 heavy (non-hydrogen) atoms. The maximum absolute atomic E-state index is 5.30. The van der Waals surface area contributed by atoms with Crippen molar-refractivity contribution in [3.8, 4) is 0 Å². The zero-order valence-corrected chi connectivity index (χ0v) is 9.15. The van der Waals surface area contributed by atoms with Crippen LogP contribution in [0, 0.1) is 0 Å². The van der Waals surface area contributed by atoms with Gasteiger partial charge in [-0.15, -0.1) is 0 Å². The van der Waals surface area contributed by atoms with Crippen molar-refractivity contribution in [1.29, 1.82) is 0 Å². The van der Waals surface area contributed by atoms with Crippen molar-refractivity contribution in [3.05, 3.63) is 12.2 Å². The molecule has 0 spiro atoms. The second-order valence-electron chi connectivity index (χ2n) is 3.84. The van der Waals surface area contributed by atoms with Gasteiger partial charge in [0.2, 0.25) is 0 Å². The van der Waals surface area contributed by atoms with Crippen LogP contribution in [-0.4, -0.2) is 34.0 Å². The Morgan fingerprint density at radius 1 is 1.67 bits per heavy atom. The molecule has 1 aromatic rings. The quantitative estimate of drug-likeness (QED) is 0.772. The van der Waals surface area contributed by atoms with E-state index in [-0.39, 0.29) is 0 Å². The maximum Gasteiger partial charge on any atom is 0.140 e. The lowest BCUT2D eigenvalue weighted by Gasteiger charge is -2.10. The first-order valence-electron chi connectivity index (χ1n) is 5.58. The summed E-state index contributed by atoms with van der Waals surface area (Å²) < 4.78 is 7.26. The molecule has 1 N–H and O–H groups in total. The lowest BCUT2D eigenvalue weighted by molar-refractivity contribution is 0.189. The van der Waals surface area contributed by atoms with Gasteiger partial charge < -0.3 is 10.1 Å². The van der Waals surface area contributed by atoms with Crippen molar-refractivity contribution in [3.63, 3.8) is 0 Å².